The molecule has 0 saturated heterocycles. The Balaban J connectivity index is 2.07. The highest BCUT2D eigenvalue weighted by Gasteiger charge is 2.10. The van der Waals surface area contributed by atoms with Gasteiger partial charge >= 0.3 is 0 Å². The lowest BCUT2D eigenvalue weighted by Gasteiger charge is -1.94. The maximum Gasteiger partial charge on any atom is 0.178 e. The smallest absolute Gasteiger partial charge is 0.178 e. The molecule has 1 nitrogen and oxygen atoms in total. The van der Waals surface area contributed by atoms with Crippen LogP contribution in [0.1, 0.15) is 26.3 Å². The van der Waals surface area contributed by atoms with E-state index < -0.39 is 0 Å². The van der Waals surface area contributed by atoms with Crippen LogP contribution in [-0.4, -0.2) is 5.78 Å². The van der Waals surface area contributed by atoms with E-state index in [4.69, 9.17) is 11.6 Å². The number of aryl methyl sites for hydroxylation is 1. The molecule has 0 aliphatic rings. The van der Waals surface area contributed by atoms with E-state index in [1.165, 1.54) is 16.2 Å². The molecule has 4 heteroatoms. The van der Waals surface area contributed by atoms with Gasteiger partial charge in [0, 0.05) is 16.2 Å². The number of ketones is 1. The zero-order chi connectivity index (χ0) is 11.5. The van der Waals surface area contributed by atoms with Gasteiger partial charge in [-0.1, -0.05) is 18.5 Å². The summed E-state index contributed by atoms with van der Waals surface area (Å²) >= 11 is 8.86. The number of hydrogen-bond donors (Lipinski definition) is 0. The SMILES string of the molecule is CCc1ccc(CC(=O)c2ccc(Cl)s2)s1. The van der Waals surface area contributed by atoms with Gasteiger partial charge in [-0.25, -0.2) is 0 Å². The van der Waals surface area contributed by atoms with Crippen molar-refractivity contribution in [1.29, 1.82) is 0 Å². The first-order valence-electron chi connectivity index (χ1n) is 5.05. The fourth-order valence-corrected chi connectivity index (χ4v) is 3.35. The monoisotopic (exact) mass is 270 g/mol. The van der Waals surface area contributed by atoms with E-state index in [0.717, 1.165) is 16.2 Å². The maximum absolute atomic E-state index is 11.9. The van der Waals surface area contributed by atoms with Crippen molar-refractivity contribution >= 4 is 40.1 Å². The summed E-state index contributed by atoms with van der Waals surface area (Å²) < 4.78 is 0.670. The third kappa shape index (κ3) is 2.73. The highest BCUT2D eigenvalue weighted by atomic mass is 35.5. The van der Waals surface area contributed by atoms with Crippen LogP contribution in [0.5, 0.6) is 0 Å². The van der Waals surface area contributed by atoms with Crippen molar-refractivity contribution in [2.24, 2.45) is 0 Å². The molecule has 0 saturated carbocycles. The van der Waals surface area contributed by atoms with Crippen LogP contribution in [0.15, 0.2) is 24.3 Å². The first-order chi connectivity index (χ1) is 7.69. The van der Waals surface area contributed by atoms with Crippen LogP contribution < -0.4 is 0 Å². The Hall–Kier alpha value is -0.640. The first kappa shape index (κ1) is 11.8. The summed E-state index contributed by atoms with van der Waals surface area (Å²) in [5, 5.41) is 0. The van der Waals surface area contributed by atoms with E-state index in [1.54, 1.807) is 23.5 Å². The predicted molar refractivity (Wildman–Crippen MR) is 71.1 cm³/mol. The van der Waals surface area contributed by atoms with Gasteiger partial charge in [-0.2, -0.15) is 0 Å². The summed E-state index contributed by atoms with van der Waals surface area (Å²) in [6, 6.07) is 7.69. The van der Waals surface area contributed by atoms with Crippen molar-refractivity contribution in [3.63, 3.8) is 0 Å². The zero-order valence-corrected chi connectivity index (χ0v) is 11.2. The third-order valence-corrected chi connectivity index (χ3v) is 4.75. The minimum Gasteiger partial charge on any atom is -0.293 e. The van der Waals surface area contributed by atoms with Crippen LogP contribution in [0.3, 0.4) is 0 Å². The van der Waals surface area contributed by atoms with Crippen LogP contribution in [0, 0.1) is 0 Å². The molecule has 0 unspecified atom stereocenters. The Morgan fingerprint density at radius 2 is 1.94 bits per heavy atom. The Bertz CT molecular complexity index is 499. The lowest BCUT2D eigenvalue weighted by molar-refractivity contribution is 0.0997. The highest BCUT2D eigenvalue weighted by molar-refractivity contribution is 7.18. The van der Waals surface area contributed by atoms with E-state index in [1.807, 2.05) is 6.07 Å². The number of halogens is 1. The fourth-order valence-electron chi connectivity index (χ4n) is 1.42. The molecule has 0 aliphatic carbocycles. The van der Waals surface area contributed by atoms with E-state index in [9.17, 15) is 4.79 Å². The Morgan fingerprint density at radius 3 is 2.50 bits per heavy atom. The summed E-state index contributed by atoms with van der Waals surface area (Å²) in [7, 11) is 0. The molecular formula is C12H11ClOS2. The summed E-state index contributed by atoms with van der Waals surface area (Å²) in [5.74, 6) is 0.154. The molecule has 0 atom stereocenters. The average Bonchev–Trinajstić information content (AvgIpc) is 2.87. The zero-order valence-electron chi connectivity index (χ0n) is 8.83. The summed E-state index contributed by atoms with van der Waals surface area (Å²) in [6.07, 6.45) is 1.52. The van der Waals surface area contributed by atoms with E-state index in [-0.39, 0.29) is 5.78 Å². The molecule has 16 heavy (non-hydrogen) atoms. The second-order valence-corrected chi connectivity index (χ2v) is 6.39. The second-order valence-electron chi connectivity index (χ2n) is 3.43. The number of carbonyl (C=O) groups excluding carboxylic acids is 1. The van der Waals surface area contributed by atoms with Gasteiger partial charge in [0.25, 0.3) is 0 Å². The summed E-state index contributed by atoms with van der Waals surface area (Å²) in [4.78, 5) is 15.1. The van der Waals surface area contributed by atoms with Crippen molar-refractivity contribution in [3.05, 3.63) is 43.2 Å². The van der Waals surface area contributed by atoms with Gasteiger partial charge in [-0.05, 0) is 30.7 Å². The van der Waals surface area contributed by atoms with Gasteiger partial charge in [0.15, 0.2) is 5.78 Å². The lowest BCUT2D eigenvalue weighted by atomic mass is 10.2. The van der Waals surface area contributed by atoms with Gasteiger partial charge in [0.2, 0.25) is 0 Å². The Kier molecular flexibility index (Phi) is 3.79. The van der Waals surface area contributed by atoms with Gasteiger partial charge < -0.3 is 0 Å². The molecule has 0 fully saturated rings. The molecule has 2 rings (SSSR count). The van der Waals surface area contributed by atoms with Crippen molar-refractivity contribution in [1.82, 2.24) is 0 Å². The van der Waals surface area contributed by atoms with Gasteiger partial charge in [0.1, 0.15) is 0 Å². The number of thiophene rings is 2. The van der Waals surface area contributed by atoms with Gasteiger partial charge in [-0.3, -0.25) is 4.79 Å². The molecule has 0 aliphatic heterocycles. The molecule has 0 radical (unpaired) electrons. The van der Waals surface area contributed by atoms with Crippen molar-refractivity contribution < 1.29 is 4.79 Å². The topological polar surface area (TPSA) is 17.1 Å². The molecule has 84 valence electrons. The Labute approximate surface area is 108 Å². The molecule has 0 bridgehead atoms. The molecule has 0 spiro atoms. The largest absolute Gasteiger partial charge is 0.293 e. The Morgan fingerprint density at radius 1 is 1.19 bits per heavy atom. The quantitative estimate of drug-likeness (QED) is 0.750. The van der Waals surface area contributed by atoms with Crippen molar-refractivity contribution in [2.45, 2.75) is 19.8 Å². The first-order valence-corrected chi connectivity index (χ1v) is 7.06. The van der Waals surface area contributed by atoms with Crippen LogP contribution in [0.2, 0.25) is 4.34 Å². The standard InChI is InChI=1S/C12H11ClOS2/c1-2-8-3-4-9(15-8)7-10(14)11-5-6-12(13)16-11/h3-6H,2,7H2,1H3. The maximum atomic E-state index is 11.9. The summed E-state index contributed by atoms with van der Waals surface area (Å²) in [6.45, 7) is 2.12. The number of Topliss-reactive ketones (excluding diaryl/α,β-unsaturated/α-hetero) is 1. The highest BCUT2D eigenvalue weighted by Crippen LogP contribution is 2.24. The van der Waals surface area contributed by atoms with Crippen LogP contribution in [0.4, 0.5) is 0 Å². The van der Waals surface area contributed by atoms with Crippen LogP contribution >= 0.6 is 34.3 Å². The van der Waals surface area contributed by atoms with Crippen molar-refractivity contribution in [3.8, 4) is 0 Å². The van der Waals surface area contributed by atoms with E-state index in [0.29, 0.717) is 10.8 Å². The summed E-state index contributed by atoms with van der Waals surface area (Å²) in [5.41, 5.74) is 0. The molecule has 0 amide bonds. The fraction of sp³-hybridized carbons (Fsp3) is 0.250. The minimum absolute atomic E-state index is 0.154. The number of hydrogen-bond acceptors (Lipinski definition) is 3. The van der Waals surface area contributed by atoms with E-state index >= 15 is 0 Å². The molecule has 2 aromatic rings. The third-order valence-electron chi connectivity index (χ3n) is 2.25. The van der Waals surface area contributed by atoms with Crippen molar-refractivity contribution in [2.75, 3.05) is 0 Å². The average molecular weight is 271 g/mol. The molecule has 0 aromatic carbocycles. The van der Waals surface area contributed by atoms with Gasteiger partial charge in [-0.15, -0.1) is 22.7 Å². The molecule has 0 N–H and O–H groups in total. The predicted octanol–water partition coefficient (Wildman–Crippen LogP) is 4.45. The molecular weight excluding hydrogens is 260 g/mol. The second kappa shape index (κ2) is 5.13. The molecule has 2 heterocycles. The van der Waals surface area contributed by atoms with Crippen LogP contribution in [0.25, 0.3) is 0 Å². The van der Waals surface area contributed by atoms with Gasteiger partial charge in [0.05, 0.1) is 9.21 Å². The van der Waals surface area contributed by atoms with E-state index in [2.05, 4.69) is 13.0 Å². The number of rotatable bonds is 4. The minimum atomic E-state index is 0.154. The number of carbonyl (C=O) groups is 1. The normalized spacial score (nSPS) is 10.6. The van der Waals surface area contributed by atoms with Crippen LogP contribution in [-0.2, 0) is 12.8 Å². The lowest BCUT2D eigenvalue weighted by Crippen LogP contribution is -1.98. The molecule has 2 aromatic heterocycles.